The minimum atomic E-state index is 0.819. The summed E-state index contributed by atoms with van der Waals surface area (Å²) in [6, 6.07) is 5.77. The van der Waals surface area contributed by atoms with Gasteiger partial charge < -0.3 is 4.74 Å². The first kappa shape index (κ1) is 11.1. The largest absolute Gasteiger partial charge is 0.496 e. The van der Waals surface area contributed by atoms with Crippen LogP contribution < -0.4 is 4.74 Å². The smallest absolute Gasteiger partial charge is 0.128 e. The van der Waals surface area contributed by atoms with E-state index < -0.39 is 0 Å². The van der Waals surface area contributed by atoms with Crippen molar-refractivity contribution in [2.75, 3.05) is 7.11 Å². The van der Waals surface area contributed by atoms with Gasteiger partial charge in [0.2, 0.25) is 0 Å². The van der Waals surface area contributed by atoms with Crippen LogP contribution >= 0.6 is 15.9 Å². The molecule has 0 unspecified atom stereocenters. The van der Waals surface area contributed by atoms with Crippen LogP contribution in [0.4, 0.5) is 0 Å². The number of benzene rings is 1. The van der Waals surface area contributed by atoms with Gasteiger partial charge in [0, 0.05) is 16.2 Å². The second-order valence-electron chi connectivity index (χ2n) is 3.34. The van der Waals surface area contributed by atoms with Gasteiger partial charge in [-0.3, -0.25) is 0 Å². The molecule has 3 nitrogen and oxygen atoms in total. The maximum absolute atomic E-state index is 5.35. The number of nitrogens with zero attached hydrogens (tertiary/aromatic N) is 2. The summed E-state index contributed by atoms with van der Waals surface area (Å²) in [5.41, 5.74) is 2.97. The van der Waals surface area contributed by atoms with Gasteiger partial charge in [0.05, 0.1) is 12.8 Å². The molecule has 0 fully saturated rings. The molecule has 0 saturated heterocycles. The summed E-state index contributed by atoms with van der Waals surface area (Å²) in [6.07, 6.45) is 3.26. The Hall–Kier alpha value is -1.42. The Bertz CT molecular complexity index is 500. The third-order valence-corrected chi connectivity index (χ3v) is 3.28. The number of aromatic nitrogens is 2. The van der Waals surface area contributed by atoms with Gasteiger partial charge in [-0.15, -0.1) is 0 Å². The molecule has 0 bridgehead atoms. The van der Waals surface area contributed by atoms with E-state index in [9.17, 15) is 0 Å². The van der Waals surface area contributed by atoms with Crippen LogP contribution in [0.15, 0.2) is 35.2 Å². The number of halogens is 1. The van der Waals surface area contributed by atoms with Crippen LogP contribution in [0.1, 0.15) is 5.56 Å². The highest BCUT2D eigenvalue weighted by molar-refractivity contribution is 9.10. The fraction of sp³-hybridized carbons (Fsp3) is 0.167. The first-order valence-electron chi connectivity index (χ1n) is 4.83. The molecule has 0 amide bonds. The Morgan fingerprint density at radius 1 is 1.25 bits per heavy atom. The fourth-order valence-electron chi connectivity index (χ4n) is 1.59. The Kier molecular flexibility index (Phi) is 3.19. The minimum Gasteiger partial charge on any atom is -0.496 e. The average molecular weight is 279 g/mol. The molecule has 82 valence electrons. The monoisotopic (exact) mass is 278 g/mol. The zero-order valence-corrected chi connectivity index (χ0v) is 10.7. The van der Waals surface area contributed by atoms with Gasteiger partial charge in [-0.25, -0.2) is 9.97 Å². The van der Waals surface area contributed by atoms with E-state index in [4.69, 9.17) is 4.74 Å². The highest BCUT2D eigenvalue weighted by Gasteiger charge is 2.12. The van der Waals surface area contributed by atoms with Crippen LogP contribution in [0.25, 0.3) is 11.3 Å². The van der Waals surface area contributed by atoms with E-state index in [2.05, 4.69) is 25.9 Å². The highest BCUT2D eigenvalue weighted by atomic mass is 79.9. The molecule has 1 aromatic heterocycles. The molecular weight excluding hydrogens is 268 g/mol. The Labute approximate surface area is 103 Å². The number of methoxy groups -OCH3 is 1. The Morgan fingerprint density at radius 3 is 2.69 bits per heavy atom. The van der Waals surface area contributed by atoms with Crippen molar-refractivity contribution in [2.45, 2.75) is 6.92 Å². The van der Waals surface area contributed by atoms with Crippen molar-refractivity contribution in [3.63, 3.8) is 0 Å². The molecule has 16 heavy (non-hydrogen) atoms. The van der Waals surface area contributed by atoms with Gasteiger partial charge in [0.25, 0.3) is 0 Å². The van der Waals surface area contributed by atoms with Gasteiger partial charge in [0.1, 0.15) is 12.1 Å². The van der Waals surface area contributed by atoms with Crippen molar-refractivity contribution in [3.05, 3.63) is 40.8 Å². The summed E-state index contributed by atoms with van der Waals surface area (Å²) in [6.45, 7) is 2.03. The maximum atomic E-state index is 5.35. The summed E-state index contributed by atoms with van der Waals surface area (Å²) in [5, 5.41) is 0. The average Bonchev–Trinajstić information content (AvgIpc) is 2.33. The van der Waals surface area contributed by atoms with Crippen LogP contribution in [0, 0.1) is 6.92 Å². The standard InChI is InChI=1S/C12H11BrN2O/c1-8-9(13)3-4-11(16-2)12(8)10-5-6-14-7-15-10/h3-7H,1-2H3. The van der Waals surface area contributed by atoms with Crippen LogP contribution in [0.5, 0.6) is 5.75 Å². The summed E-state index contributed by atoms with van der Waals surface area (Å²) in [5.74, 6) is 0.819. The van der Waals surface area contributed by atoms with E-state index >= 15 is 0 Å². The summed E-state index contributed by atoms with van der Waals surface area (Å²) < 4.78 is 6.40. The first-order chi connectivity index (χ1) is 7.74. The van der Waals surface area contributed by atoms with Gasteiger partial charge in [-0.1, -0.05) is 15.9 Å². The first-order valence-corrected chi connectivity index (χ1v) is 5.63. The molecule has 1 aromatic carbocycles. The molecule has 0 aliphatic rings. The normalized spacial score (nSPS) is 10.2. The van der Waals surface area contributed by atoms with Gasteiger partial charge in [-0.2, -0.15) is 0 Å². The molecule has 0 aliphatic heterocycles. The van der Waals surface area contributed by atoms with Gasteiger partial charge >= 0.3 is 0 Å². The van der Waals surface area contributed by atoms with Gasteiger partial charge in [0.15, 0.2) is 0 Å². The molecule has 0 atom stereocenters. The van der Waals surface area contributed by atoms with E-state index in [-0.39, 0.29) is 0 Å². The summed E-state index contributed by atoms with van der Waals surface area (Å²) in [7, 11) is 1.66. The molecule has 0 radical (unpaired) electrons. The van der Waals surface area contributed by atoms with Crippen LogP contribution in [0.3, 0.4) is 0 Å². The maximum Gasteiger partial charge on any atom is 0.128 e. The number of rotatable bonds is 2. The molecule has 0 aliphatic carbocycles. The molecule has 4 heteroatoms. The third kappa shape index (κ3) is 1.93. The Balaban J connectivity index is 2.67. The van der Waals surface area contributed by atoms with Crippen molar-refractivity contribution in [3.8, 4) is 17.0 Å². The zero-order chi connectivity index (χ0) is 11.5. The number of hydrogen-bond donors (Lipinski definition) is 0. The lowest BCUT2D eigenvalue weighted by Crippen LogP contribution is -1.94. The topological polar surface area (TPSA) is 35.0 Å². The lowest BCUT2D eigenvalue weighted by atomic mass is 10.0. The van der Waals surface area contributed by atoms with Crippen molar-refractivity contribution in [2.24, 2.45) is 0 Å². The highest BCUT2D eigenvalue weighted by Crippen LogP contribution is 2.35. The van der Waals surface area contributed by atoms with Gasteiger partial charge in [-0.05, 0) is 30.7 Å². The predicted octanol–water partition coefficient (Wildman–Crippen LogP) is 3.22. The van der Waals surface area contributed by atoms with E-state index in [1.165, 1.54) is 6.33 Å². The van der Waals surface area contributed by atoms with E-state index in [1.54, 1.807) is 13.3 Å². The molecule has 2 aromatic rings. The molecular formula is C12H11BrN2O. The minimum absolute atomic E-state index is 0.819. The van der Waals surface area contributed by atoms with Crippen molar-refractivity contribution in [1.82, 2.24) is 9.97 Å². The van der Waals surface area contributed by atoms with Crippen molar-refractivity contribution in [1.29, 1.82) is 0 Å². The second kappa shape index (κ2) is 4.61. The fourth-order valence-corrected chi connectivity index (χ4v) is 1.92. The number of ether oxygens (including phenoxy) is 1. The molecule has 1 heterocycles. The zero-order valence-electron chi connectivity index (χ0n) is 9.07. The van der Waals surface area contributed by atoms with Crippen molar-refractivity contribution >= 4 is 15.9 Å². The van der Waals surface area contributed by atoms with Crippen LogP contribution in [-0.2, 0) is 0 Å². The molecule has 2 rings (SSSR count). The van der Waals surface area contributed by atoms with E-state index in [0.29, 0.717) is 0 Å². The lowest BCUT2D eigenvalue weighted by Gasteiger charge is -2.12. The summed E-state index contributed by atoms with van der Waals surface area (Å²) in [4.78, 5) is 8.16. The van der Waals surface area contributed by atoms with Crippen molar-refractivity contribution < 1.29 is 4.74 Å². The third-order valence-electron chi connectivity index (χ3n) is 2.42. The quantitative estimate of drug-likeness (QED) is 0.846. The lowest BCUT2D eigenvalue weighted by molar-refractivity contribution is 0.416. The number of hydrogen-bond acceptors (Lipinski definition) is 3. The summed E-state index contributed by atoms with van der Waals surface area (Å²) >= 11 is 3.51. The molecule has 0 N–H and O–H groups in total. The SMILES string of the molecule is COc1ccc(Br)c(C)c1-c1ccncn1. The molecule has 0 spiro atoms. The Morgan fingerprint density at radius 2 is 2.06 bits per heavy atom. The molecule has 0 saturated carbocycles. The van der Waals surface area contributed by atoms with Crippen LogP contribution in [-0.4, -0.2) is 17.1 Å². The second-order valence-corrected chi connectivity index (χ2v) is 4.20. The van der Waals surface area contributed by atoms with Crippen LogP contribution in [0.2, 0.25) is 0 Å². The van der Waals surface area contributed by atoms with E-state index in [1.807, 2.05) is 25.1 Å². The predicted molar refractivity (Wildman–Crippen MR) is 66.5 cm³/mol. The van der Waals surface area contributed by atoms with E-state index in [0.717, 1.165) is 27.0 Å².